The molecule has 0 bridgehead atoms. The second-order valence-corrected chi connectivity index (χ2v) is 6.39. The maximum atomic E-state index is 12.0. The first-order valence-corrected chi connectivity index (χ1v) is 8.89. The Balaban J connectivity index is 1.48. The van der Waals surface area contributed by atoms with Crippen molar-refractivity contribution < 1.29 is 9.53 Å². The molecule has 0 unspecified atom stereocenters. The third-order valence-corrected chi connectivity index (χ3v) is 4.25. The first-order chi connectivity index (χ1) is 13.1. The molecule has 2 heterocycles. The second-order valence-electron chi connectivity index (χ2n) is 6.39. The van der Waals surface area contributed by atoms with Crippen LogP contribution < -0.4 is 10.1 Å². The van der Waals surface area contributed by atoms with Gasteiger partial charge in [0, 0.05) is 31.8 Å². The van der Waals surface area contributed by atoms with Crippen LogP contribution in [0.15, 0.2) is 49.2 Å². The lowest BCUT2D eigenvalue weighted by atomic mass is 10.1. The van der Waals surface area contributed by atoms with Crippen molar-refractivity contribution in [1.82, 2.24) is 25.1 Å². The molecule has 0 aliphatic heterocycles. The molecule has 0 saturated carbocycles. The lowest BCUT2D eigenvalue weighted by molar-refractivity contribution is -0.121. The van der Waals surface area contributed by atoms with Gasteiger partial charge in [-0.3, -0.25) is 9.48 Å². The lowest BCUT2D eigenvalue weighted by Crippen LogP contribution is -2.22. The monoisotopic (exact) mass is 365 g/mol. The van der Waals surface area contributed by atoms with Crippen LogP contribution in [0.3, 0.4) is 0 Å². The minimum atomic E-state index is 0.00329. The minimum absolute atomic E-state index is 0.00329. The summed E-state index contributed by atoms with van der Waals surface area (Å²) in [5.74, 6) is 1.26. The number of ether oxygens (including phenoxy) is 1. The number of carbonyl (C=O) groups is 1. The molecule has 3 rings (SSSR count). The number of pyridine rings is 1. The van der Waals surface area contributed by atoms with Crippen LogP contribution in [-0.2, 0) is 17.9 Å². The van der Waals surface area contributed by atoms with E-state index in [1.807, 2.05) is 37.3 Å². The van der Waals surface area contributed by atoms with Crippen molar-refractivity contribution in [2.24, 2.45) is 0 Å². The normalized spacial score (nSPS) is 10.6. The Hall–Kier alpha value is -3.22. The maximum Gasteiger partial charge on any atom is 0.220 e. The van der Waals surface area contributed by atoms with E-state index in [0.717, 1.165) is 11.3 Å². The van der Waals surface area contributed by atoms with Crippen LogP contribution in [0.25, 0.3) is 0 Å². The molecule has 0 aliphatic rings. The van der Waals surface area contributed by atoms with E-state index in [2.05, 4.69) is 27.3 Å². The van der Waals surface area contributed by atoms with Gasteiger partial charge in [0.05, 0.1) is 0 Å². The van der Waals surface area contributed by atoms with E-state index in [-0.39, 0.29) is 5.91 Å². The molecule has 0 radical (unpaired) electrons. The molecule has 0 spiro atoms. The zero-order valence-electron chi connectivity index (χ0n) is 15.6. The van der Waals surface area contributed by atoms with Crippen molar-refractivity contribution in [1.29, 1.82) is 0 Å². The molecule has 7 nitrogen and oxygen atoms in total. The summed E-state index contributed by atoms with van der Waals surface area (Å²) in [6.07, 6.45) is 5.97. The number of aromatic nitrogens is 4. The van der Waals surface area contributed by atoms with Crippen LogP contribution in [0.4, 0.5) is 0 Å². The van der Waals surface area contributed by atoms with Gasteiger partial charge in [0.1, 0.15) is 18.4 Å². The molecule has 1 aromatic carbocycles. The van der Waals surface area contributed by atoms with E-state index in [9.17, 15) is 4.79 Å². The van der Waals surface area contributed by atoms with Gasteiger partial charge in [-0.1, -0.05) is 6.07 Å². The van der Waals surface area contributed by atoms with Gasteiger partial charge in [0.15, 0.2) is 0 Å². The lowest BCUT2D eigenvalue weighted by Gasteiger charge is -2.09. The van der Waals surface area contributed by atoms with Crippen molar-refractivity contribution in [2.45, 2.75) is 39.8 Å². The standard InChI is InChI=1S/C20H23N5O2/c1-15-5-6-18(10-16(15)2)27-20-11-17(7-8-22-20)12-23-19(26)4-3-9-25-14-21-13-24-25/h5-8,10-11,13-14H,3-4,9,12H2,1-2H3,(H,23,26). The Kier molecular flexibility index (Phi) is 6.14. The van der Waals surface area contributed by atoms with Gasteiger partial charge in [0.2, 0.25) is 11.8 Å². The average Bonchev–Trinajstić information content (AvgIpc) is 3.17. The van der Waals surface area contributed by atoms with Gasteiger partial charge in [-0.15, -0.1) is 0 Å². The quantitative estimate of drug-likeness (QED) is 0.663. The van der Waals surface area contributed by atoms with Gasteiger partial charge < -0.3 is 10.1 Å². The van der Waals surface area contributed by atoms with Crippen LogP contribution in [-0.4, -0.2) is 25.7 Å². The number of nitrogens with zero attached hydrogens (tertiary/aromatic N) is 4. The molecule has 0 fully saturated rings. The molecule has 2 aromatic heterocycles. The van der Waals surface area contributed by atoms with Crippen LogP contribution in [0, 0.1) is 13.8 Å². The molecule has 3 aromatic rings. The fourth-order valence-electron chi connectivity index (χ4n) is 2.55. The van der Waals surface area contributed by atoms with E-state index in [0.29, 0.717) is 31.8 Å². The predicted molar refractivity (Wildman–Crippen MR) is 101 cm³/mol. The first-order valence-electron chi connectivity index (χ1n) is 8.89. The first kappa shape index (κ1) is 18.6. The summed E-state index contributed by atoms with van der Waals surface area (Å²) in [6, 6.07) is 9.63. The highest BCUT2D eigenvalue weighted by Gasteiger charge is 2.05. The number of benzene rings is 1. The third kappa shape index (κ3) is 5.64. The zero-order valence-corrected chi connectivity index (χ0v) is 15.6. The molecule has 1 amide bonds. The Labute approximate surface area is 158 Å². The van der Waals surface area contributed by atoms with Crippen molar-refractivity contribution >= 4 is 5.91 Å². The zero-order chi connectivity index (χ0) is 19.1. The Bertz CT molecular complexity index is 893. The van der Waals surface area contributed by atoms with Crippen molar-refractivity contribution in [3.05, 3.63) is 65.9 Å². The summed E-state index contributed by atoms with van der Waals surface area (Å²) in [5, 5.41) is 6.93. The number of rotatable bonds is 8. The van der Waals surface area contributed by atoms with E-state index in [1.165, 1.54) is 17.5 Å². The number of amides is 1. The van der Waals surface area contributed by atoms with Gasteiger partial charge in [-0.25, -0.2) is 9.97 Å². The smallest absolute Gasteiger partial charge is 0.220 e. The highest BCUT2D eigenvalue weighted by Crippen LogP contribution is 2.22. The van der Waals surface area contributed by atoms with Crippen LogP contribution in [0.1, 0.15) is 29.5 Å². The maximum absolute atomic E-state index is 12.0. The van der Waals surface area contributed by atoms with Gasteiger partial charge in [-0.2, -0.15) is 5.10 Å². The summed E-state index contributed by atoms with van der Waals surface area (Å²) in [5.41, 5.74) is 3.32. The van der Waals surface area contributed by atoms with Crippen LogP contribution in [0.5, 0.6) is 11.6 Å². The molecule has 7 heteroatoms. The highest BCUT2D eigenvalue weighted by molar-refractivity contribution is 5.75. The Morgan fingerprint density at radius 3 is 2.85 bits per heavy atom. The predicted octanol–water partition coefficient (Wildman–Crippen LogP) is 3.18. The molecular weight excluding hydrogens is 342 g/mol. The summed E-state index contributed by atoms with van der Waals surface area (Å²) < 4.78 is 7.54. The molecule has 27 heavy (non-hydrogen) atoms. The number of hydrogen-bond acceptors (Lipinski definition) is 5. The molecule has 0 aliphatic carbocycles. The third-order valence-electron chi connectivity index (χ3n) is 4.25. The van der Waals surface area contributed by atoms with E-state index in [1.54, 1.807) is 17.2 Å². The largest absolute Gasteiger partial charge is 0.439 e. The van der Waals surface area contributed by atoms with Crippen molar-refractivity contribution in [2.75, 3.05) is 0 Å². The van der Waals surface area contributed by atoms with Crippen LogP contribution >= 0.6 is 0 Å². The summed E-state index contributed by atoms with van der Waals surface area (Å²) in [6.45, 7) is 5.22. The molecule has 0 saturated heterocycles. The molecular formula is C20H23N5O2. The van der Waals surface area contributed by atoms with Crippen molar-refractivity contribution in [3.63, 3.8) is 0 Å². The minimum Gasteiger partial charge on any atom is -0.439 e. The fraction of sp³-hybridized carbons (Fsp3) is 0.300. The summed E-state index contributed by atoms with van der Waals surface area (Å²) in [7, 11) is 0. The molecule has 140 valence electrons. The average molecular weight is 365 g/mol. The summed E-state index contributed by atoms with van der Waals surface area (Å²) in [4.78, 5) is 20.1. The number of nitrogens with one attached hydrogen (secondary N) is 1. The SMILES string of the molecule is Cc1ccc(Oc2cc(CNC(=O)CCCn3cncn3)ccn2)cc1C. The fourth-order valence-corrected chi connectivity index (χ4v) is 2.55. The van der Waals surface area contributed by atoms with Gasteiger partial charge in [0.25, 0.3) is 0 Å². The highest BCUT2D eigenvalue weighted by atomic mass is 16.5. The van der Waals surface area contributed by atoms with E-state index < -0.39 is 0 Å². The Morgan fingerprint density at radius 1 is 1.19 bits per heavy atom. The Morgan fingerprint density at radius 2 is 2.07 bits per heavy atom. The van der Waals surface area contributed by atoms with Crippen molar-refractivity contribution in [3.8, 4) is 11.6 Å². The summed E-state index contributed by atoms with van der Waals surface area (Å²) >= 11 is 0. The topological polar surface area (TPSA) is 81.9 Å². The molecule has 0 atom stereocenters. The van der Waals surface area contributed by atoms with Crippen LogP contribution in [0.2, 0.25) is 0 Å². The number of carbonyl (C=O) groups excluding carboxylic acids is 1. The number of aryl methyl sites for hydroxylation is 3. The number of hydrogen-bond donors (Lipinski definition) is 1. The van der Waals surface area contributed by atoms with Gasteiger partial charge >= 0.3 is 0 Å². The van der Waals surface area contributed by atoms with Gasteiger partial charge in [-0.05, 0) is 55.2 Å². The van der Waals surface area contributed by atoms with E-state index in [4.69, 9.17) is 4.74 Å². The molecule has 1 N–H and O–H groups in total. The van der Waals surface area contributed by atoms with E-state index >= 15 is 0 Å². The second kappa shape index (κ2) is 8.93.